The second kappa shape index (κ2) is 6.12. The van der Waals surface area contributed by atoms with Crippen LogP contribution in [-0.4, -0.2) is 46.5 Å². The average Bonchev–Trinajstić information content (AvgIpc) is 3.38. The third-order valence-corrected chi connectivity index (χ3v) is 5.52. The molecule has 4 heterocycles. The van der Waals surface area contributed by atoms with E-state index in [4.69, 9.17) is 4.98 Å². The molecule has 1 atom stereocenters. The fourth-order valence-corrected chi connectivity index (χ4v) is 4.24. The van der Waals surface area contributed by atoms with E-state index < -0.39 is 0 Å². The van der Waals surface area contributed by atoms with Crippen LogP contribution in [0.25, 0.3) is 16.8 Å². The van der Waals surface area contributed by atoms with Gasteiger partial charge < -0.3 is 9.47 Å². The zero-order valence-electron chi connectivity index (χ0n) is 16.1. The number of amides is 1. The van der Waals surface area contributed by atoms with Crippen LogP contribution in [-0.2, 0) is 7.05 Å². The summed E-state index contributed by atoms with van der Waals surface area (Å²) in [5, 5.41) is 8.28. The summed E-state index contributed by atoms with van der Waals surface area (Å²) in [6, 6.07) is 9.90. The van der Waals surface area contributed by atoms with Crippen LogP contribution >= 0.6 is 0 Å². The number of rotatable bonds is 2. The molecular weight excluding hydrogens is 354 g/mol. The third kappa shape index (κ3) is 2.41. The van der Waals surface area contributed by atoms with Crippen LogP contribution in [0.1, 0.15) is 46.7 Å². The minimum absolute atomic E-state index is 0.0732. The largest absolute Gasteiger partial charge is 0.329 e. The van der Waals surface area contributed by atoms with Gasteiger partial charge in [0.25, 0.3) is 11.7 Å². The highest BCUT2D eigenvalue weighted by Gasteiger charge is 2.35. The number of hydrogen-bond acceptors (Lipinski definition) is 5. The molecule has 1 aromatic carbocycles. The lowest BCUT2D eigenvalue weighted by Gasteiger charge is -2.23. The molecule has 0 unspecified atom stereocenters. The van der Waals surface area contributed by atoms with Gasteiger partial charge in [0.1, 0.15) is 5.82 Å². The summed E-state index contributed by atoms with van der Waals surface area (Å²) < 4.78 is 3.82. The molecule has 0 N–H and O–H groups in total. The minimum Gasteiger partial charge on any atom is -0.329 e. The molecule has 1 aliphatic heterocycles. The van der Waals surface area contributed by atoms with Crippen LogP contribution in [0.3, 0.4) is 0 Å². The van der Waals surface area contributed by atoms with E-state index in [9.17, 15) is 4.79 Å². The minimum atomic E-state index is -0.129. The Morgan fingerprint density at radius 3 is 2.79 bits per heavy atom. The molecule has 0 spiro atoms. The molecule has 4 aromatic rings. The lowest BCUT2D eigenvalue weighted by Crippen LogP contribution is -2.33. The lowest BCUT2D eigenvalue weighted by molar-refractivity contribution is 0.0714. The number of fused-ring (bicyclic) bond motifs is 2. The Morgan fingerprint density at radius 1 is 1.14 bits per heavy atom. The SMILES string of the molecule is Cc1cc(C)n2c(C(=O)N3CCC[C@H]3c3nc4ccccc4n3C)nnc2n1. The molecule has 1 aliphatic rings. The van der Waals surface area contributed by atoms with Gasteiger partial charge in [-0.05, 0) is 44.9 Å². The summed E-state index contributed by atoms with van der Waals surface area (Å²) in [5.74, 6) is 1.55. The van der Waals surface area contributed by atoms with Crippen molar-refractivity contribution in [3.05, 3.63) is 53.4 Å². The van der Waals surface area contributed by atoms with Crippen molar-refractivity contribution < 1.29 is 4.79 Å². The Bertz CT molecular complexity index is 1220. The Hall–Kier alpha value is -3.29. The van der Waals surface area contributed by atoms with Crippen LogP contribution in [0.5, 0.6) is 0 Å². The van der Waals surface area contributed by atoms with Crippen molar-refractivity contribution in [1.29, 1.82) is 0 Å². The summed E-state index contributed by atoms with van der Waals surface area (Å²) in [5.41, 5.74) is 3.77. The lowest BCUT2D eigenvalue weighted by atomic mass is 10.2. The van der Waals surface area contributed by atoms with Gasteiger partial charge in [-0.1, -0.05) is 12.1 Å². The average molecular weight is 375 g/mol. The van der Waals surface area contributed by atoms with Gasteiger partial charge in [0, 0.05) is 25.0 Å². The van der Waals surface area contributed by atoms with Crippen molar-refractivity contribution in [2.24, 2.45) is 7.05 Å². The maximum absolute atomic E-state index is 13.4. The van der Waals surface area contributed by atoms with E-state index in [0.717, 1.165) is 41.1 Å². The summed E-state index contributed by atoms with van der Waals surface area (Å²) >= 11 is 0. The molecule has 1 amide bonds. The van der Waals surface area contributed by atoms with Crippen LogP contribution < -0.4 is 0 Å². The number of aryl methyl sites for hydroxylation is 3. The summed E-state index contributed by atoms with van der Waals surface area (Å²) in [7, 11) is 2.01. The highest BCUT2D eigenvalue weighted by atomic mass is 16.2. The van der Waals surface area contributed by atoms with Crippen molar-refractivity contribution in [3.8, 4) is 0 Å². The Morgan fingerprint density at radius 2 is 1.96 bits per heavy atom. The molecular formula is C20H21N7O. The van der Waals surface area contributed by atoms with E-state index in [2.05, 4.69) is 25.8 Å². The first-order valence-electron chi connectivity index (χ1n) is 9.46. The van der Waals surface area contributed by atoms with E-state index in [1.165, 1.54) is 0 Å². The highest BCUT2D eigenvalue weighted by Crippen LogP contribution is 2.33. The zero-order valence-corrected chi connectivity index (χ0v) is 16.1. The van der Waals surface area contributed by atoms with Crippen LogP contribution in [0.2, 0.25) is 0 Å². The van der Waals surface area contributed by atoms with Crippen LogP contribution in [0.15, 0.2) is 30.3 Å². The van der Waals surface area contributed by atoms with Gasteiger partial charge in [-0.25, -0.2) is 9.97 Å². The maximum atomic E-state index is 13.4. The van der Waals surface area contributed by atoms with Crippen molar-refractivity contribution in [2.75, 3.05) is 6.54 Å². The van der Waals surface area contributed by atoms with Gasteiger partial charge in [-0.15, -0.1) is 10.2 Å². The number of likely N-dealkylation sites (tertiary alicyclic amines) is 1. The Balaban J connectivity index is 1.57. The first kappa shape index (κ1) is 16.9. The predicted octanol–water partition coefficient (Wildman–Crippen LogP) is 2.61. The topological polar surface area (TPSA) is 81.2 Å². The predicted molar refractivity (Wildman–Crippen MR) is 104 cm³/mol. The Kier molecular flexibility index (Phi) is 3.68. The van der Waals surface area contributed by atoms with Gasteiger partial charge in [0.05, 0.1) is 17.1 Å². The monoisotopic (exact) mass is 375 g/mol. The van der Waals surface area contributed by atoms with E-state index in [1.807, 2.05) is 50.1 Å². The quantitative estimate of drug-likeness (QED) is 0.538. The molecule has 5 rings (SSSR count). The van der Waals surface area contributed by atoms with Crippen molar-refractivity contribution in [1.82, 2.24) is 34.0 Å². The van der Waals surface area contributed by atoms with Crippen molar-refractivity contribution >= 4 is 22.7 Å². The first-order chi connectivity index (χ1) is 13.5. The van der Waals surface area contributed by atoms with E-state index in [0.29, 0.717) is 18.1 Å². The Labute approximate surface area is 161 Å². The number of carbonyl (C=O) groups is 1. The number of carbonyl (C=O) groups excluding carboxylic acids is 1. The van der Waals surface area contributed by atoms with Gasteiger partial charge in [0.2, 0.25) is 5.82 Å². The fourth-order valence-electron chi connectivity index (χ4n) is 4.24. The number of para-hydroxylation sites is 2. The molecule has 0 aliphatic carbocycles. The molecule has 0 bridgehead atoms. The number of nitrogens with zero attached hydrogens (tertiary/aromatic N) is 7. The number of hydrogen-bond donors (Lipinski definition) is 0. The number of benzene rings is 1. The zero-order chi connectivity index (χ0) is 19.4. The molecule has 3 aromatic heterocycles. The maximum Gasteiger partial charge on any atom is 0.292 e. The standard InChI is InChI=1S/C20H21N7O/c1-12-11-13(2)27-18(23-24-20(27)21-12)19(28)26-10-6-9-16(26)17-22-14-7-4-5-8-15(14)25(17)3/h4-5,7-8,11,16H,6,9-10H2,1-3H3/t16-/m0/s1. The van der Waals surface area contributed by atoms with Gasteiger partial charge >= 0.3 is 0 Å². The molecule has 8 nitrogen and oxygen atoms in total. The van der Waals surface area contributed by atoms with Crippen molar-refractivity contribution in [2.45, 2.75) is 32.7 Å². The summed E-state index contributed by atoms with van der Waals surface area (Å²) in [4.78, 5) is 24.5. The normalized spacial score (nSPS) is 17.1. The van der Waals surface area contributed by atoms with E-state index in [-0.39, 0.29) is 11.9 Å². The molecule has 142 valence electrons. The van der Waals surface area contributed by atoms with Crippen LogP contribution in [0.4, 0.5) is 0 Å². The molecule has 1 saturated heterocycles. The van der Waals surface area contributed by atoms with Gasteiger partial charge in [-0.3, -0.25) is 9.20 Å². The number of imidazole rings is 1. The second-order valence-corrected chi connectivity index (χ2v) is 7.37. The van der Waals surface area contributed by atoms with Gasteiger partial charge in [0.15, 0.2) is 0 Å². The smallest absolute Gasteiger partial charge is 0.292 e. The van der Waals surface area contributed by atoms with E-state index >= 15 is 0 Å². The number of aromatic nitrogens is 6. The summed E-state index contributed by atoms with van der Waals surface area (Å²) in [6.07, 6.45) is 1.82. The molecule has 1 fully saturated rings. The summed E-state index contributed by atoms with van der Waals surface area (Å²) in [6.45, 7) is 4.53. The second-order valence-electron chi connectivity index (χ2n) is 7.37. The molecule has 28 heavy (non-hydrogen) atoms. The molecule has 8 heteroatoms. The first-order valence-corrected chi connectivity index (χ1v) is 9.46. The van der Waals surface area contributed by atoms with E-state index in [1.54, 1.807) is 4.40 Å². The van der Waals surface area contributed by atoms with Crippen LogP contribution in [0, 0.1) is 13.8 Å². The van der Waals surface area contributed by atoms with Crippen molar-refractivity contribution in [3.63, 3.8) is 0 Å². The highest BCUT2D eigenvalue weighted by molar-refractivity contribution is 5.92. The third-order valence-electron chi connectivity index (χ3n) is 5.52. The molecule has 0 radical (unpaired) electrons. The fraction of sp³-hybridized carbons (Fsp3) is 0.350. The molecule has 0 saturated carbocycles. The van der Waals surface area contributed by atoms with Gasteiger partial charge in [-0.2, -0.15) is 0 Å².